The van der Waals surface area contributed by atoms with Crippen LogP contribution in [0.4, 0.5) is 0 Å². The summed E-state index contributed by atoms with van der Waals surface area (Å²) in [7, 11) is -1.65. The van der Waals surface area contributed by atoms with Crippen molar-refractivity contribution in [2.24, 2.45) is 0 Å². The zero-order chi connectivity index (χ0) is 14.3. The molecule has 2 aromatic rings. The lowest BCUT2D eigenvalue weighted by atomic mass is 10.1. The molecule has 0 fully saturated rings. The van der Waals surface area contributed by atoms with Gasteiger partial charge in [0.1, 0.15) is 5.76 Å². The molecule has 6 nitrogen and oxygen atoms in total. The lowest BCUT2D eigenvalue weighted by Gasteiger charge is -2.27. The van der Waals surface area contributed by atoms with E-state index in [1.165, 1.54) is 13.2 Å². The van der Waals surface area contributed by atoms with Crippen LogP contribution < -0.4 is 4.72 Å². The summed E-state index contributed by atoms with van der Waals surface area (Å²) in [6.45, 7) is 0.420. The van der Waals surface area contributed by atoms with Crippen LogP contribution in [0.1, 0.15) is 16.1 Å². The van der Waals surface area contributed by atoms with Gasteiger partial charge in [-0.25, -0.2) is 9.52 Å². The summed E-state index contributed by atoms with van der Waals surface area (Å²) >= 11 is 0. The van der Waals surface area contributed by atoms with E-state index in [1.54, 1.807) is 24.3 Å². The molecule has 1 aromatic heterocycles. The van der Waals surface area contributed by atoms with Crippen LogP contribution in [0.3, 0.4) is 0 Å². The fourth-order valence-corrected chi connectivity index (χ4v) is 3.39. The maximum absolute atomic E-state index is 11.3. The highest BCUT2D eigenvalue weighted by molar-refractivity contribution is 8.22. The molecule has 1 aliphatic rings. The Kier molecular flexibility index (Phi) is 3.06. The van der Waals surface area contributed by atoms with Gasteiger partial charge in [-0.2, -0.15) is 0 Å². The molecule has 7 heteroatoms. The highest BCUT2D eigenvalue weighted by atomic mass is 32.3. The first kappa shape index (κ1) is 13.2. The number of ether oxygens (including phenoxy) is 1. The Balaban J connectivity index is 2.00. The standard InChI is InChI=1S/C13H13NO5S/c1-18-13(15)11-5-4-10(19-11)8-2-3-9-7-14-20(16,17)12(9)6-8/h2-6,14,16-17H,7H2,1H3. The van der Waals surface area contributed by atoms with E-state index in [0.717, 1.165) is 5.56 Å². The molecule has 2 heterocycles. The second-order valence-corrected chi connectivity index (χ2v) is 6.17. The van der Waals surface area contributed by atoms with E-state index in [0.29, 0.717) is 22.8 Å². The molecule has 0 unspecified atom stereocenters. The molecule has 3 rings (SSSR count). The number of benzene rings is 1. The summed E-state index contributed by atoms with van der Waals surface area (Å²) < 4.78 is 32.4. The molecule has 0 saturated carbocycles. The van der Waals surface area contributed by atoms with Gasteiger partial charge in [-0.1, -0.05) is 12.1 Å². The maximum atomic E-state index is 11.3. The van der Waals surface area contributed by atoms with Gasteiger partial charge >= 0.3 is 5.97 Å². The molecule has 1 aromatic carbocycles. The van der Waals surface area contributed by atoms with E-state index >= 15 is 0 Å². The van der Waals surface area contributed by atoms with Crippen LogP contribution in [0, 0.1) is 0 Å². The summed E-state index contributed by atoms with van der Waals surface area (Å²) in [6, 6.07) is 8.43. The summed E-state index contributed by atoms with van der Waals surface area (Å²) in [4.78, 5) is 11.8. The highest BCUT2D eigenvalue weighted by Gasteiger charge is 2.27. The lowest BCUT2D eigenvalue weighted by Crippen LogP contribution is -2.10. The number of furan rings is 1. The molecule has 0 saturated heterocycles. The number of hydrogen-bond donors (Lipinski definition) is 3. The molecule has 0 radical (unpaired) electrons. The van der Waals surface area contributed by atoms with Gasteiger partial charge in [0.05, 0.1) is 12.0 Å². The number of carbonyl (C=O) groups excluding carboxylic acids is 1. The fraction of sp³-hybridized carbons (Fsp3) is 0.154. The average Bonchev–Trinajstić information content (AvgIpc) is 3.03. The zero-order valence-corrected chi connectivity index (χ0v) is 11.4. The monoisotopic (exact) mass is 295 g/mol. The Bertz CT molecular complexity index is 679. The van der Waals surface area contributed by atoms with Crippen molar-refractivity contribution in [1.82, 2.24) is 4.72 Å². The predicted molar refractivity (Wildman–Crippen MR) is 73.4 cm³/mol. The molecule has 0 aliphatic carbocycles. The average molecular weight is 295 g/mol. The van der Waals surface area contributed by atoms with Crippen molar-refractivity contribution in [3.05, 3.63) is 41.7 Å². The number of carbonyl (C=O) groups is 1. The van der Waals surface area contributed by atoms with Crippen molar-refractivity contribution >= 4 is 16.7 Å². The fourth-order valence-electron chi connectivity index (χ4n) is 2.08. The van der Waals surface area contributed by atoms with Gasteiger partial charge in [0.25, 0.3) is 0 Å². The molecule has 0 spiro atoms. The van der Waals surface area contributed by atoms with E-state index in [2.05, 4.69) is 9.46 Å². The van der Waals surface area contributed by atoms with Crippen LogP contribution in [-0.2, 0) is 11.3 Å². The molecule has 0 amide bonds. The second-order valence-electron chi connectivity index (χ2n) is 4.35. The molecule has 0 atom stereocenters. The summed E-state index contributed by atoms with van der Waals surface area (Å²) in [5.41, 5.74) is 1.51. The Labute approximate surface area is 116 Å². The van der Waals surface area contributed by atoms with Crippen molar-refractivity contribution in [2.75, 3.05) is 7.11 Å². The number of nitrogens with one attached hydrogen (secondary N) is 1. The van der Waals surface area contributed by atoms with E-state index < -0.39 is 16.7 Å². The van der Waals surface area contributed by atoms with Crippen LogP contribution >= 0.6 is 10.8 Å². The first-order valence-corrected chi connectivity index (χ1v) is 7.40. The van der Waals surface area contributed by atoms with Crippen LogP contribution in [0.15, 0.2) is 39.6 Å². The first-order valence-electron chi connectivity index (χ1n) is 5.85. The topological polar surface area (TPSA) is 91.9 Å². The van der Waals surface area contributed by atoms with E-state index in [9.17, 15) is 13.9 Å². The number of esters is 1. The van der Waals surface area contributed by atoms with E-state index in [-0.39, 0.29) is 5.76 Å². The van der Waals surface area contributed by atoms with Gasteiger partial charge in [-0.3, -0.25) is 9.11 Å². The van der Waals surface area contributed by atoms with Crippen LogP contribution in [0.5, 0.6) is 0 Å². The van der Waals surface area contributed by atoms with Crippen molar-refractivity contribution in [3.8, 4) is 11.3 Å². The van der Waals surface area contributed by atoms with Crippen LogP contribution in [-0.4, -0.2) is 22.2 Å². The number of fused-ring (bicyclic) bond motifs is 1. The number of methoxy groups -OCH3 is 1. The smallest absolute Gasteiger partial charge is 0.373 e. The Morgan fingerprint density at radius 1 is 1.35 bits per heavy atom. The minimum atomic E-state index is -2.93. The van der Waals surface area contributed by atoms with Crippen molar-refractivity contribution in [1.29, 1.82) is 0 Å². The van der Waals surface area contributed by atoms with Gasteiger partial charge in [0, 0.05) is 12.1 Å². The van der Waals surface area contributed by atoms with Gasteiger partial charge in [0.2, 0.25) is 5.76 Å². The minimum absolute atomic E-state index is 0.104. The van der Waals surface area contributed by atoms with Crippen molar-refractivity contribution in [2.45, 2.75) is 11.4 Å². The Hall–Kier alpha value is -1.80. The van der Waals surface area contributed by atoms with Crippen LogP contribution in [0.25, 0.3) is 11.3 Å². The molecule has 20 heavy (non-hydrogen) atoms. The van der Waals surface area contributed by atoms with Gasteiger partial charge in [0.15, 0.2) is 0 Å². The maximum Gasteiger partial charge on any atom is 0.373 e. The molecule has 106 valence electrons. The quantitative estimate of drug-likeness (QED) is 0.738. The highest BCUT2D eigenvalue weighted by Crippen LogP contribution is 2.51. The first-order chi connectivity index (χ1) is 9.51. The molecule has 3 N–H and O–H groups in total. The zero-order valence-electron chi connectivity index (χ0n) is 10.6. The van der Waals surface area contributed by atoms with E-state index in [1.807, 2.05) is 0 Å². The van der Waals surface area contributed by atoms with Crippen molar-refractivity contribution in [3.63, 3.8) is 0 Å². The Morgan fingerprint density at radius 2 is 2.15 bits per heavy atom. The molecule has 0 bridgehead atoms. The molecular formula is C13H13NO5S. The Morgan fingerprint density at radius 3 is 2.90 bits per heavy atom. The molecular weight excluding hydrogens is 282 g/mol. The third-order valence-electron chi connectivity index (χ3n) is 3.11. The van der Waals surface area contributed by atoms with Crippen molar-refractivity contribution < 1.29 is 23.1 Å². The van der Waals surface area contributed by atoms with Gasteiger partial charge < -0.3 is 9.15 Å². The third-order valence-corrected chi connectivity index (χ3v) is 4.66. The predicted octanol–water partition coefficient (Wildman–Crippen LogP) is 2.86. The minimum Gasteiger partial charge on any atom is -0.463 e. The van der Waals surface area contributed by atoms with Gasteiger partial charge in [-0.05, 0) is 23.8 Å². The van der Waals surface area contributed by atoms with E-state index in [4.69, 9.17) is 4.42 Å². The van der Waals surface area contributed by atoms with Gasteiger partial charge in [-0.15, -0.1) is 10.8 Å². The third kappa shape index (κ3) is 2.10. The number of hydrogen-bond acceptors (Lipinski definition) is 6. The lowest BCUT2D eigenvalue weighted by molar-refractivity contribution is 0.0566. The SMILES string of the molecule is COC(=O)c1ccc(-c2ccc3c(c2)S(O)(O)NC3)o1. The second kappa shape index (κ2) is 4.64. The summed E-state index contributed by atoms with van der Waals surface area (Å²) in [6.07, 6.45) is 0. The normalized spacial score (nSPS) is 17.6. The summed E-state index contributed by atoms with van der Waals surface area (Å²) in [5, 5.41) is 0. The molecule has 1 aliphatic heterocycles. The summed E-state index contributed by atoms with van der Waals surface area (Å²) in [5.74, 6) is 0.0198. The van der Waals surface area contributed by atoms with Crippen LogP contribution in [0.2, 0.25) is 0 Å². The number of rotatable bonds is 2. The largest absolute Gasteiger partial charge is 0.463 e.